The lowest BCUT2D eigenvalue weighted by atomic mass is 9.46. The number of hydrogen-bond donors (Lipinski definition) is 2. The number of benzene rings is 1. The van der Waals surface area contributed by atoms with Crippen molar-refractivity contribution in [1.29, 1.82) is 0 Å². The standard InChI is InChI=1S/C34H37NO7/c1-32-14-12-23(36)18-22(32)8-11-25-26-13-15-34(40,33(26,2)19-27(37)31(25)32)28(38)20-41-30(39)17-21-6-9-24(10-7-21)42-29-5-3-4-16-35-29/h3-7,9-10,12,14,16,18,25-27,31,37,40H,8,11,13,15,17,19-20H2,1-2H3/t25?,26?,27-,31?,32?,33?,34-/m0/s1. The average molecular weight is 572 g/mol. The smallest absolute Gasteiger partial charge is 0.310 e. The second kappa shape index (κ2) is 10.6. The molecule has 6 rings (SSSR count). The number of allylic oxidation sites excluding steroid dienone is 4. The number of aliphatic hydroxyl groups excluding tert-OH is 1. The van der Waals surface area contributed by atoms with Crippen LogP contribution in [-0.4, -0.2) is 51.0 Å². The molecule has 7 atom stereocenters. The number of fused-ring (bicyclic) bond motifs is 5. The summed E-state index contributed by atoms with van der Waals surface area (Å²) in [6.07, 6.45) is 8.88. The molecule has 0 bridgehead atoms. The van der Waals surface area contributed by atoms with Gasteiger partial charge in [0.2, 0.25) is 11.7 Å². The van der Waals surface area contributed by atoms with Crippen LogP contribution in [0.3, 0.4) is 0 Å². The molecule has 0 aliphatic heterocycles. The highest BCUT2D eigenvalue weighted by molar-refractivity contribution is 6.01. The minimum atomic E-state index is -1.69. The summed E-state index contributed by atoms with van der Waals surface area (Å²) in [6, 6.07) is 12.3. The summed E-state index contributed by atoms with van der Waals surface area (Å²) >= 11 is 0. The first-order valence-electron chi connectivity index (χ1n) is 14.7. The van der Waals surface area contributed by atoms with Crippen LogP contribution >= 0.6 is 0 Å². The van der Waals surface area contributed by atoms with Gasteiger partial charge in [-0.3, -0.25) is 14.4 Å². The fourth-order valence-corrected chi connectivity index (χ4v) is 8.48. The number of carbonyl (C=O) groups excluding carboxylic acids is 3. The van der Waals surface area contributed by atoms with E-state index in [1.165, 1.54) is 0 Å². The van der Waals surface area contributed by atoms with Crippen molar-refractivity contribution < 1.29 is 34.1 Å². The molecule has 1 aromatic carbocycles. The average Bonchev–Trinajstić information content (AvgIpc) is 3.24. The van der Waals surface area contributed by atoms with Crippen LogP contribution in [0, 0.1) is 28.6 Å². The van der Waals surface area contributed by atoms with Gasteiger partial charge in [0.05, 0.1) is 12.5 Å². The number of aromatic nitrogens is 1. The molecule has 8 nitrogen and oxygen atoms in total. The van der Waals surface area contributed by atoms with Crippen molar-refractivity contribution in [2.45, 2.75) is 64.1 Å². The van der Waals surface area contributed by atoms with Crippen LogP contribution in [0.5, 0.6) is 11.6 Å². The molecule has 4 aliphatic carbocycles. The fraction of sp³-hybridized carbons (Fsp3) is 0.471. The highest BCUT2D eigenvalue weighted by Crippen LogP contribution is 2.67. The SMILES string of the molecule is CC12C=CC(=O)C=C1CCC1C2[C@@H](O)CC2(C)C1CC[C@]2(O)C(=O)COC(=O)Cc1ccc(Oc2ccccn2)cc1. The lowest BCUT2D eigenvalue weighted by molar-refractivity contribution is -0.181. The molecule has 1 aromatic heterocycles. The van der Waals surface area contributed by atoms with Crippen LogP contribution in [0.4, 0.5) is 0 Å². The maximum absolute atomic E-state index is 13.5. The molecule has 3 saturated carbocycles. The quantitative estimate of drug-likeness (QED) is 0.465. The highest BCUT2D eigenvalue weighted by atomic mass is 16.5. The van der Waals surface area contributed by atoms with E-state index in [2.05, 4.69) is 11.9 Å². The number of ketones is 2. The van der Waals surface area contributed by atoms with E-state index >= 15 is 0 Å². The van der Waals surface area contributed by atoms with Crippen LogP contribution in [-0.2, 0) is 25.5 Å². The van der Waals surface area contributed by atoms with Gasteiger partial charge in [-0.2, -0.15) is 0 Å². The first kappa shape index (κ1) is 28.5. The Balaban J connectivity index is 1.09. The maximum atomic E-state index is 13.5. The third kappa shape index (κ3) is 4.71. The Morgan fingerprint density at radius 2 is 1.88 bits per heavy atom. The van der Waals surface area contributed by atoms with E-state index in [1.54, 1.807) is 54.7 Å². The Hall–Kier alpha value is -3.62. The van der Waals surface area contributed by atoms with Crippen LogP contribution in [0.25, 0.3) is 0 Å². The molecule has 0 amide bonds. The van der Waals surface area contributed by atoms with E-state index in [9.17, 15) is 24.6 Å². The normalized spacial score (nSPS) is 35.0. The summed E-state index contributed by atoms with van der Waals surface area (Å²) in [5, 5.41) is 23.4. The third-order valence-corrected chi connectivity index (χ3v) is 10.6. The maximum Gasteiger partial charge on any atom is 0.310 e. The predicted octanol–water partition coefficient (Wildman–Crippen LogP) is 4.54. The Morgan fingerprint density at radius 3 is 2.62 bits per heavy atom. The number of rotatable bonds is 7. The third-order valence-electron chi connectivity index (χ3n) is 10.6. The topological polar surface area (TPSA) is 123 Å². The Morgan fingerprint density at radius 1 is 1.10 bits per heavy atom. The minimum Gasteiger partial charge on any atom is -0.457 e. The van der Waals surface area contributed by atoms with E-state index in [1.807, 2.05) is 19.1 Å². The van der Waals surface area contributed by atoms with Gasteiger partial charge < -0.3 is 19.7 Å². The van der Waals surface area contributed by atoms with Gasteiger partial charge >= 0.3 is 5.97 Å². The first-order valence-corrected chi connectivity index (χ1v) is 14.7. The van der Waals surface area contributed by atoms with Crippen LogP contribution in [0.15, 0.2) is 72.5 Å². The fourth-order valence-electron chi connectivity index (χ4n) is 8.48. The van der Waals surface area contributed by atoms with Crippen molar-refractivity contribution in [3.05, 3.63) is 78.0 Å². The molecule has 3 fully saturated rings. The summed E-state index contributed by atoms with van der Waals surface area (Å²) in [7, 11) is 0. The summed E-state index contributed by atoms with van der Waals surface area (Å²) in [6.45, 7) is 3.49. The zero-order valence-corrected chi connectivity index (χ0v) is 24.0. The number of esters is 1. The Labute approximate surface area is 245 Å². The van der Waals surface area contributed by atoms with Crippen LogP contribution in [0.1, 0.15) is 51.5 Å². The minimum absolute atomic E-state index is 0.0157. The molecule has 220 valence electrons. The van der Waals surface area contributed by atoms with Crippen LogP contribution < -0.4 is 4.74 Å². The van der Waals surface area contributed by atoms with Crippen molar-refractivity contribution in [2.24, 2.45) is 28.6 Å². The van der Waals surface area contributed by atoms with Crippen molar-refractivity contribution >= 4 is 17.5 Å². The predicted molar refractivity (Wildman–Crippen MR) is 153 cm³/mol. The molecule has 0 radical (unpaired) electrons. The lowest BCUT2D eigenvalue weighted by Gasteiger charge is -2.59. The zero-order valence-electron chi connectivity index (χ0n) is 24.0. The van der Waals surface area contributed by atoms with E-state index in [0.717, 1.165) is 18.4 Å². The lowest BCUT2D eigenvalue weighted by Crippen LogP contribution is -2.61. The van der Waals surface area contributed by atoms with E-state index in [4.69, 9.17) is 9.47 Å². The van der Waals surface area contributed by atoms with Crippen LogP contribution in [0.2, 0.25) is 0 Å². The van der Waals surface area contributed by atoms with Crippen molar-refractivity contribution in [1.82, 2.24) is 4.98 Å². The van der Waals surface area contributed by atoms with Gasteiger partial charge in [-0.25, -0.2) is 4.98 Å². The van der Waals surface area contributed by atoms with Gasteiger partial charge in [0, 0.05) is 29.0 Å². The van der Waals surface area contributed by atoms with Crippen molar-refractivity contribution in [3.63, 3.8) is 0 Å². The van der Waals surface area contributed by atoms with E-state index in [0.29, 0.717) is 23.6 Å². The van der Waals surface area contributed by atoms with Gasteiger partial charge in [-0.1, -0.05) is 43.7 Å². The Bertz CT molecular complexity index is 1450. The molecule has 42 heavy (non-hydrogen) atoms. The van der Waals surface area contributed by atoms with Gasteiger partial charge in [-0.15, -0.1) is 0 Å². The molecular formula is C34H37NO7. The summed E-state index contributed by atoms with van der Waals surface area (Å²) < 4.78 is 11.0. The van der Waals surface area contributed by atoms with E-state index < -0.39 is 40.9 Å². The summed E-state index contributed by atoms with van der Waals surface area (Å²) in [5.74, 6) is -0.000199. The highest BCUT2D eigenvalue weighted by Gasteiger charge is 2.68. The Kier molecular flexibility index (Phi) is 7.18. The first-order chi connectivity index (χ1) is 20.0. The number of Topliss-reactive ketones (excluding diaryl/α,β-unsaturated/α-hetero) is 1. The number of nitrogens with zero attached hydrogens (tertiary/aromatic N) is 1. The molecule has 0 saturated heterocycles. The number of hydrogen-bond acceptors (Lipinski definition) is 8. The van der Waals surface area contributed by atoms with Crippen molar-refractivity contribution in [3.8, 4) is 11.6 Å². The van der Waals surface area contributed by atoms with Gasteiger partial charge in [0.15, 0.2) is 12.4 Å². The molecule has 2 N–H and O–H groups in total. The number of aliphatic hydroxyl groups is 2. The summed E-state index contributed by atoms with van der Waals surface area (Å²) in [5.41, 5.74) is -1.19. The zero-order chi connectivity index (χ0) is 29.7. The van der Waals surface area contributed by atoms with E-state index in [-0.39, 0.29) is 42.8 Å². The monoisotopic (exact) mass is 571 g/mol. The van der Waals surface area contributed by atoms with Gasteiger partial charge in [0.25, 0.3) is 0 Å². The molecule has 1 heterocycles. The molecule has 0 spiro atoms. The van der Waals surface area contributed by atoms with Crippen molar-refractivity contribution in [2.75, 3.05) is 6.61 Å². The molecular weight excluding hydrogens is 534 g/mol. The number of carbonyl (C=O) groups is 3. The summed E-state index contributed by atoms with van der Waals surface area (Å²) in [4.78, 5) is 42.3. The molecule has 2 aromatic rings. The second-order valence-corrected chi connectivity index (χ2v) is 12.8. The second-order valence-electron chi connectivity index (χ2n) is 12.8. The molecule has 4 aliphatic rings. The number of ether oxygens (including phenoxy) is 2. The van der Waals surface area contributed by atoms with Gasteiger partial charge in [-0.05, 0) is 79.9 Å². The molecule has 8 heteroatoms. The van der Waals surface area contributed by atoms with Gasteiger partial charge in [0.1, 0.15) is 11.4 Å². The number of pyridine rings is 1. The largest absolute Gasteiger partial charge is 0.457 e. The molecule has 5 unspecified atom stereocenters.